The second kappa shape index (κ2) is 7.76. The Hall–Kier alpha value is -2.92. The van der Waals surface area contributed by atoms with Crippen molar-refractivity contribution in [2.45, 2.75) is 31.8 Å². The number of rotatable bonds is 4. The molecule has 1 saturated heterocycles. The molecule has 0 spiro atoms. The number of hydrogen-bond donors (Lipinski definition) is 2. The minimum atomic E-state index is -0.0601. The lowest BCUT2D eigenvalue weighted by molar-refractivity contribution is 0.0926. The van der Waals surface area contributed by atoms with Gasteiger partial charge in [-0.25, -0.2) is 4.68 Å². The first-order chi connectivity index (χ1) is 13.2. The Balaban J connectivity index is 1.67. The second-order valence-corrected chi connectivity index (χ2v) is 7.09. The maximum Gasteiger partial charge on any atom is 0.255 e. The van der Waals surface area contributed by atoms with Crippen molar-refractivity contribution in [3.8, 4) is 16.9 Å². The van der Waals surface area contributed by atoms with E-state index in [-0.39, 0.29) is 11.9 Å². The van der Waals surface area contributed by atoms with Crippen LogP contribution in [0.3, 0.4) is 0 Å². The van der Waals surface area contributed by atoms with Crippen LogP contribution >= 0.6 is 0 Å². The molecule has 1 amide bonds. The van der Waals surface area contributed by atoms with Gasteiger partial charge in [-0.1, -0.05) is 48.5 Å². The van der Waals surface area contributed by atoms with Crippen molar-refractivity contribution in [2.75, 3.05) is 6.54 Å². The third-order valence-corrected chi connectivity index (χ3v) is 4.99. The number of hydrogen-bond acceptors (Lipinski definition) is 3. The standard InChI is InChI=1S/C22H24N4O/c1-16-14-18(12-13-23-16)24-22(27)20-15-26(19-10-6-3-7-11-19)25-21(20)17-8-4-2-5-9-17/h2-11,15-16,18,23H,12-14H2,1H3,(H,24,27). The van der Waals surface area contributed by atoms with Crippen LogP contribution in [-0.4, -0.2) is 34.3 Å². The minimum absolute atomic E-state index is 0.0601. The van der Waals surface area contributed by atoms with Crippen molar-refractivity contribution < 1.29 is 4.79 Å². The molecule has 0 radical (unpaired) electrons. The normalized spacial score (nSPS) is 19.6. The molecular weight excluding hydrogens is 336 g/mol. The molecule has 5 nitrogen and oxygen atoms in total. The summed E-state index contributed by atoms with van der Waals surface area (Å²) in [6.07, 6.45) is 3.72. The Kier molecular flexibility index (Phi) is 5.03. The highest BCUT2D eigenvalue weighted by Gasteiger charge is 2.24. The molecule has 27 heavy (non-hydrogen) atoms. The highest BCUT2D eigenvalue weighted by Crippen LogP contribution is 2.24. The zero-order chi connectivity index (χ0) is 18.6. The van der Waals surface area contributed by atoms with Crippen molar-refractivity contribution >= 4 is 5.91 Å². The maximum atomic E-state index is 13.1. The van der Waals surface area contributed by atoms with Crippen molar-refractivity contribution in [2.24, 2.45) is 0 Å². The minimum Gasteiger partial charge on any atom is -0.349 e. The number of benzene rings is 2. The first-order valence-corrected chi connectivity index (χ1v) is 9.45. The molecule has 2 N–H and O–H groups in total. The highest BCUT2D eigenvalue weighted by molar-refractivity contribution is 6.00. The fourth-order valence-electron chi connectivity index (χ4n) is 3.59. The summed E-state index contributed by atoms with van der Waals surface area (Å²) in [4.78, 5) is 13.1. The lowest BCUT2D eigenvalue weighted by Crippen LogP contribution is -2.46. The molecule has 1 aromatic heterocycles. The van der Waals surface area contributed by atoms with Crippen LogP contribution in [0.25, 0.3) is 16.9 Å². The van der Waals surface area contributed by atoms with Crippen LogP contribution in [0.15, 0.2) is 66.9 Å². The van der Waals surface area contributed by atoms with E-state index in [0.29, 0.717) is 17.3 Å². The molecule has 1 aliphatic rings. The van der Waals surface area contributed by atoms with Crippen LogP contribution in [0.4, 0.5) is 0 Å². The Morgan fingerprint density at radius 1 is 1.11 bits per heavy atom. The number of para-hydroxylation sites is 1. The third kappa shape index (κ3) is 3.93. The zero-order valence-corrected chi connectivity index (χ0v) is 15.4. The number of amides is 1. The predicted octanol–water partition coefficient (Wildman–Crippen LogP) is 3.41. The van der Waals surface area contributed by atoms with Crippen LogP contribution < -0.4 is 10.6 Å². The van der Waals surface area contributed by atoms with Gasteiger partial charge in [0.15, 0.2) is 0 Å². The molecule has 1 aliphatic heterocycles. The number of piperidine rings is 1. The van der Waals surface area contributed by atoms with Gasteiger partial charge in [-0.2, -0.15) is 5.10 Å². The molecule has 3 aromatic rings. The summed E-state index contributed by atoms with van der Waals surface area (Å²) in [5.41, 5.74) is 3.19. The van der Waals surface area contributed by atoms with E-state index < -0.39 is 0 Å². The molecule has 0 bridgehead atoms. The van der Waals surface area contributed by atoms with Crippen molar-refractivity contribution in [1.82, 2.24) is 20.4 Å². The number of nitrogens with zero attached hydrogens (tertiary/aromatic N) is 2. The SMILES string of the molecule is CC1CC(NC(=O)c2cn(-c3ccccc3)nc2-c2ccccc2)CCN1. The van der Waals surface area contributed by atoms with E-state index in [1.807, 2.05) is 66.9 Å². The molecule has 2 heterocycles. The Labute approximate surface area is 159 Å². The molecule has 2 atom stereocenters. The first-order valence-electron chi connectivity index (χ1n) is 9.45. The molecule has 0 aliphatic carbocycles. The lowest BCUT2D eigenvalue weighted by atomic mass is 10.00. The number of carbonyl (C=O) groups excluding carboxylic acids is 1. The molecule has 138 valence electrons. The van der Waals surface area contributed by atoms with Gasteiger partial charge in [0, 0.05) is 23.8 Å². The van der Waals surface area contributed by atoms with Gasteiger partial charge in [-0.3, -0.25) is 4.79 Å². The molecule has 1 fully saturated rings. The zero-order valence-electron chi connectivity index (χ0n) is 15.4. The summed E-state index contributed by atoms with van der Waals surface area (Å²) < 4.78 is 1.78. The molecule has 4 rings (SSSR count). The largest absolute Gasteiger partial charge is 0.349 e. The maximum absolute atomic E-state index is 13.1. The fraction of sp³-hybridized carbons (Fsp3) is 0.273. The van der Waals surface area contributed by atoms with E-state index in [1.165, 1.54) is 0 Å². The molecule has 5 heteroatoms. The number of nitrogens with one attached hydrogen (secondary N) is 2. The van der Waals surface area contributed by atoms with Crippen LogP contribution in [0.1, 0.15) is 30.1 Å². The van der Waals surface area contributed by atoms with Gasteiger partial charge in [-0.05, 0) is 38.4 Å². The van der Waals surface area contributed by atoms with Gasteiger partial charge in [-0.15, -0.1) is 0 Å². The second-order valence-electron chi connectivity index (χ2n) is 7.09. The van der Waals surface area contributed by atoms with E-state index in [2.05, 4.69) is 17.6 Å². The summed E-state index contributed by atoms with van der Waals surface area (Å²) in [6.45, 7) is 3.09. The van der Waals surface area contributed by atoms with Crippen molar-refractivity contribution in [3.63, 3.8) is 0 Å². The Morgan fingerprint density at radius 3 is 2.52 bits per heavy atom. The van der Waals surface area contributed by atoms with Crippen LogP contribution in [0.5, 0.6) is 0 Å². The van der Waals surface area contributed by atoms with Gasteiger partial charge >= 0.3 is 0 Å². The number of carbonyl (C=O) groups is 1. The summed E-state index contributed by atoms with van der Waals surface area (Å²) in [7, 11) is 0. The topological polar surface area (TPSA) is 59.0 Å². The smallest absolute Gasteiger partial charge is 0.255 e. The summed E-state index contributed by atoms with van der Waals surface area (Å²) in [5.74, 6) is -0.0601. The van der Waals surface area contributed by atoms with Gasteiger partial charge in [0.25, 0.3) is 5.91 Å². The van der Waals surface area contributed by atoms with Crippen molar-refractivity contribution in [3.05, 3.63) is 72.4 Å². The monoisotopic (exact) mass is 360 g/mol. The average Bonchev–Trinajstić information content (AvgIpc) is 3.15. The lowest BCUT2D eigenvalue weighted by Gasteiger charge is -2.28. The molecule has 2 aromatic carbocycles. The molecule has 0 saturated carbocycles. The fourth-order valence-corrected chi connectivity index (χ4v) is 3.59. The molecule has 2 unspecified atom stereocenters. The highest BCUT2D eigenvalue weighted by atomic mass is 16.1. The summed E-state index contributed by atoms with van der Waals surface area (Å²) in [5, 5.41) is 11.4. The van der Waals surface area contributed by atoms with E-state index >= 15 is 0 Å². The summed E-state index contributed by atoms with van der Waals surface area (Å²) >= 11 is 0. The average molecular weight is 360 g/mol. The van der Waals surface area contributed by atoms with Gasteiger partial charge in [0.2, 0.25) is 0 Å². The predicted molar refractivity (Wildman–Crippen MR) is 107 cm³/mol. The van der Waals surface area contributed by atoms with Gasteiger partial charge in [0.05, 0.1) is 11.3 Å². The molecular formula is C22H24N4O. The van der Waals surface area contributed by atoms with E-state index in [0.717, 1.165) is 30.6 Å². The Bertz CT molecular complexity index is 905. The third-order valence-electron chi connectivity index (χ3n) is 4.99. The van der Waals surface area contributed by atoms with E-state index in [4.69, 9.17) is 5.10 Å². The van der Waals surface area contributed by atoms with Crippen LogP contribution in [0.2, 0.25) is 0 Å². The van der Waals surface area contributed by atoms with Gasteiger partial charge in [0.1, 0.15) is 5.69 Å². The van der Waals surface area contributed by atoms with Gasteiger partial charge < -0.3 is 10.6 Å². The van der Waals surface area contributed by atoms with Crippen molar-refractivity contribution in [1.29, 1.82) is 0 Å². The number of aromatic nitrogens is 2. The quantitative estimate of drug-likeness (QED) is 0.750. The van der Waals surface area contributed by atoms with Crippen LogP contribution in [0, 0.1) is 0 Å². The summed E-state index contributed by atoms with van der Waals surface area (Å²) in [6, 6.07) is 20.4. The van der Waals surface area contributed by atoms with Crippen LogP contribution in [-0.2, 0) is 0 Å². The Morgan fingerprint density at radius 2 is 1.81 bits per heavy atom. The van der Waals surface area contributed by atoms with E-state index in [1.54, 1.807) is 4.68 Å². The first kappa shape index (κ1) is 17.5. The van der Waals surface area contributed by atoms with E-state index in [9.17, 15) is 4.79 Å².